The van der Waals surface area contributed by atoms with Gasteiger partial charge < -0.3 is 14.6 Å². The Labute approximate surface area is 170 Å². The molecule has 3 aromatic rings. The van der Waals surface area contributed by atoms with Crippen molar-refractivity contribution in [3.8, 4) is 17.2 Å². The molecule has 5 heteroatoms. The summed E-state index contributed by atoms with van der Waals surface area (Å²) in [6.07, 6.45) is 2.49. The van der Waals surface area contributed by atoms with Gasteiger partial charge in [0.25, 0.3) is 0 Å². The van der Waals surface area contributed by atoms with Crippen LogP contribution in [0.25, 0.3) is 0 Å². The van der Waals surface area contributed by atoms with E-state index in [1.165, 1.54) is 6.07 Å². The van der Waals surface area contributed by atoms with Crippen molar-refractivity contribution in [3.05, 3.63) is 83.4 Å². The van der Waals surface area contributed by atoms with Crippen molar-refractivity contribution in [3.63, 3.8) is 0 Å². The van der Waals surface area contributed by atoms with Gasteiger partial charge in [0, 0.05) is 17.8 Å². The lowest BCUT2D eigenvalue weighted by atomic mass is 10.2. The third-order valence-electron chi connectivity index (χ3n) is 4.16. The number of ether oxygens (including phenoxy) is 2. The van der Waals surface area contributed by atoms with Crippen molar-refractivity contribution in [2.45, 2.75) is 20.3 Å². The van der Waals surface area contributed by atoms with Crippen LogP contribution in [0.2, 0.25) is 0 Å². The Bertz CT molecular complexity index is 992. The summed E-state index contributed by atoms with van der Waals surface area (Å²) in [6, 6.07) is 19.2. The molecule has 0 saturated heterocycles. The summed E-state index contributed by atoms with van der Waals surface area (Å²) >= 11 is 0. The van der Waals surface area contributed by atoms with Crippen molar-refractivity contribution in [1.82, 2.24) is 0 Å². The van der Waals surface area contributed by atoms with Crippen LogP contribution in [0.5, 0.6) is 17.2 Å². The second kappa shape index (κ2) is 9.55. The molecular weight excluding hydrogens is 366 g/mol. The smallest absolute Gasteiger partial charge is 0.343 e. The van der Waals surface area contributed by atoms with E-state index in [-0.39, 0.29) is 11.5 Å². The Kier molecular flexibility index (Phi) is 6.63. The van der Waals surface area contributed by atoms with E-state index >= 15 is 0 Å². The summed E-state index contributed by atoms with van der Waals surface area (Å²) in [6.45, 7) is 4.66. The Morgan fingerprint density at radius 3 is 2.34 bits per heavy atom. The van der Waals surface area contributed by atoms with Crippen LogP contribution in [0.15, 0.2) is 71.7 Å². The van der Waals surface area contributed by atoms with Crippen LogP contribution in [0.3, 0.4) is 0 Å². The summed E-state index contributed by atoms with van der Waals surface area (Å²) in [5.41, 5.74) is 2.87. The minimum Gasteiger partial charge on any atom is -0.507 e. The second-order valence-corrected chi connectivity index (χ2v) is 6.58. The summed E-state index contributed by atoms with van der Waals surface area (Å²) in [4.78, 5) is 16.6. The van der Waals surface area contributed by atoms with E-state index < -0.39 is 5.97 Å². The van der Waals surface area contributed by atoms with Crippen LogP contribution in [-0.2, 0) is 0 Å². The molecule has 0 aliphatic rings. The summed E-state index contributed by atoms with van der Waals surface area (Å²) in [5.74, 6) is 0.437. The maximum atomic E-state index is 12.3. The highest BCUT2D eigenvalue weighted by atomic mass is 16.5. The quantitative estimate of drug-likeness (QED) is 0.331. The highest BCUT2D eigenvalue weighted by Gasteiger charge is 2.10. The number of aryl methyl sites for hydroxylation is 1. The van der Waals surface area contributed by atoms with Crippen molar-refractivity contribution >= 4 is 17.9 Å². The zero-order valence-corrected chi connectivity index (χ0v) is 16.5. The lowest BCUT2D eigenvalue weighted by Gasteiger charge is -2.08. The van der Waals surface area contributed by atoms with E-state index in [0.29, 0.717) is 23.5 Å². The SMILES string of the molecule is CCCOc1ccc(C(=O)Oc2ccc(C=Nc3ccc(C)cc3)c(O)c2)cc1. The third-order valence-corrected chi connectivity index (χ3v) is 4.16. The summed E-state index contributed by atoms with van der Waals surface area (Å²) in [5, 5.41) is 10.2. The predicted octanol–water partition coefficient (Wildman–Crippen LogP) is 5.46. The first-order chi connectivity index (χ1) is 14.0. The standard InChI is InChI=1S/C24H23NO4/c1-3-14-28-21-11-6-18(7-12-21)24(27)29-22-13-8-19(23(26)15-22)16-25-20-9-4-17(2)5-10-20/h4-13,15-16,26H,3,14H2,1-2H3. The highest BCUT2D eigenvalue weighted by molar-refractivity contribution is 5.91. The van der Waals surface area contributed by atoms with Crippen molar-refractivity contribution in [2.75, 3.05) is 6.61 Å². The van der Waals surface area contributed by atoms with Gasteiger partial charge in [0.1, 0.15) is 17.2 Å². The summed E-state index contributed by atoms with van der Waals surface area (Å²) in [7, 11) is 0. The largest absolute Gasteiger partial charge is 0.507 e. The fourth-order valence-electron chi connectivity index (χ4n) is 2.54. The number of esters is 1. The average Bonchev–Trinajstić information content (AvgIpc) is 2.73. The maximum absolute atomic E-state index is 12.3. The first-order valence-electron chi connectivity index (χ1n) is 9.44. The molecule has 3 rings (SSSR count). The number of aromatic hydroxyl groups is 1. The minimum atomic E-state index is -0.507. The Morgan fingerprint density at radius 1 is 1.00 bits per heavy atom. The van der Waals surface area contributed by atoms with Crippen molar-refractivity contribution in [1.29, 1.82) is 0 Å². The van der Waals surface area contributed by atoms with Gasteiger partial charge in [-0.2, -0.15) is 0 Å². The molecule has 0 spiro atoms. The van der Waals surface area contributed by atoms with Crippen molar-refractivity contribution in [2.24, 2.45) is 4.99 Å². The van der Waals surface area contributed by atoms with E-state index in [9.17, 15) is 9.90 Å². The van der Waals surface area contributed by atoms with Crippen LogP contribution >= 0.6 is 0 Å². The molecule has 148 valence electrons. The zero-order valence-electron chi connectivity index (χ0n) is 16.5. The third kappa shape index (κ3) is 5.69. The first kappa shape index (κ1) is 20.1. The molecule has 0 aromatic heterocycles. The van der Waals surface area contributed by atoms with Gasteiger partial charge in [-0.05, 0) is 61.9 Å². The molecular formula is C24H23NO4. The molecule has 0 bridgehead atoms. The van der Waals surface area contributed by atoms with Crippen LogP contribution in [-0.4, -0.2) is 23.9 Å². The molecule has 5 nitrogen and oxygen atoms in total. The van der Waals surface area contributed by atoms with Gasteiger partial charge in [0.2, 0.25) is 0 Å². The fraction of sp³-hybridized carbons (Fsp3) is 0.167. The Morgan fingerprint density at radius 2 is 1.69 bits per heavy atom. The maximum Gasteiger partial charge on any atom is 0.343 e. The number of carbonyl (C=O) groups is 1. The number of aliphatic imine (C=N–C) groups is 1. The number of phenolic OH excluding ortho intramolecular Hbond substituents is 1. The van der Waals surface area contributed by atoms with Crippen LogP contribution in [0, 0.1) is 6.92 Å². The molecule has 0 amide bonds. The molecule has 0 unspecified atom stereocenters. The number of hydrogen-bond acceptors (Lipinski definition) is 5. The first-order valence-corrected chi connectivity index (χ1v) is 9.44. The van der Waals surface area contributed by atoms with Crippen LogP contribution in [0.1, 0.15) is 34.8 Å². The molecule has 0 atom stereocenters. The molecule has 0 fully saturated rings. The summed E-state index contributed by atoms with van der Waals surface area (Å²) < 4.78 is 10.8. The van der Waals surface area contributed by atoms with E-state index in [0.717, 1.165) is 17.7 Å². The molecule has 0 saturated carbocycles. The van der Waals surface area contributed by atoms with Crippen molar-refractivity contribution < 1.29 is 19.4 Å². The van der Waals surface area contributed by atoms with Gasteiger partial charge in [-0.15, -0.1) is 0 Å². The lowest BCUT2D eigenvalue weighted by molar-refractivity contribution is 0.0734. The number of phenols is 1. The van der Waals surface area contributed by atoms with E-state index in [1.54, 1.807) is 42.6 Å². The minimum absolute atomic E-state index is 0.0190. The fourth-order valence-corrected chi connectivity index (χ4v) is 2.54. The number of hydrogen-bond donors (Lipinski definition) is 1. The van der Waals surface area contributed by atoms with E-state index in [1.807, 2.05) is 38.1 Å². The normalized spacial score (nSPS) is 10.8. The molecule has 0 heterocycles. The average molecular weight is 389 g/mol. The number of rotatable bonds is 7. The van der Waals surface area contributed by atoms with Gasteiger partial charge in [-0.1, -0.05) is 24.6 Å². The Balaban J connectivity index is 1.65. The van der Waals surface area contributed by atoms with Gasteiger partial charge in [0.15, 0.2) is 0 Å². The number of benzene rings is 3. The highest BCUT2D eigenvalue weighted by Crippen LogP contribution is 2.24. The van der Waals surface area contributed by atoms with Gasteiger partial charge in [-0.3, -0.25) is 4.99 Å². The molecule has 1 N–H and O–H groups in total. The van der Waals surface area contributed by atoms with Gasteiger partial charge >= 0.3 is 5.97 Å². The molecule has 0 radical (unpaired) electrons. The van der Waals surface area contributed by atoms with Crippen LogP contribution in [0.4, 0.5) is 5.69 Å². The Hall–Kier alpha value is -3.60. The molecule has 29 heavy (non-hydrogen) atoms. The number of nitrogens with zero attached hydrogens (tertiary/aromatic N) is 1. The molecule has 3 aromatic carbocycles. The zero-order chi connectivity index (χ0) is 20.6. The molecule has 0 aliphatic heterocycles. The van der Waals surface area contributed by atoms with E-state index in [4.69, 9.17) is 9.47 Å². The van der Waals surface area contributed by atoms with Gasteiger partial charge in [0.05, 0.1) is 17.9 Å². The van der Waals surface area contributed by atoms with Gasteiger partial charge in [-0.25, -0.2) is 4.79 Å². The van der Waals surface area contributed by atoms with Crippen LogP contribution < -0.4 is 9.47 Å². The second-order valence-electron chi connectivity index (χ2n) is 6.58. The predicted molar refractivity (Wildman–Crippen MR) is 114 cm³/mol. The van der Waals surface area contributed by atoms with E-state index in [2.05, 4.69) is 4.99 Å². The molecule has 0 aliphatic carbocycles. The lowest BCUT2D eigenvalue weighted by Crippen LogP contribution is -2.08. The topological polar surface area (TPSA) is 68.1 Å². The number of carbonyl (C=O) groups excluding carboxylic acids is 1. The monoisotopic (exact) mass is 389 g/mol.